The Morgan fingerprint density at radius 1 is 1.17 bits per heavy atom. The van der Waals surface area contributed by atoms with E-state index in [1.54, 1.807) is 30.3 Å². The van der Waals surface area contributed by atoms with Crippen LogP contribution in [0.3, 0.4) is 0 Å². The van der Waals surface area contributed by atoms with E-state index in [1.807, 2.05) is 24.3 Å². The summed E-state index contributed by atoms with van der Waals surface area (Å²) in [5.41, 5.74) is 1.20. The van der Waals surface area contributed by atoms with Crippen LogP contribution >= 0.6 is 11.3 Å². The average Bonchev–Trinajstić information content (AvgIpc) is 3.27. The van der Waals surface area contributed by atoms with E-state index < -0.39 is 5.97 Å². The minimum Gasteiger partial charge on any atom is -0.494 e. The molecule has 0 atom stereocenters. The Morgan fingerprint density at radius 3 is 2.63 bits per heavy atom. The van der Waals surface area contributed by atoms with E-state index in [1.165, 1.54) is 22.8 Å². The zero-order valence-corrected chi connectivity index (χ0v) is 17.3. The summed E-state index contributed by atoms with van der Waals surface area (Å²) in [6.45, 7) is 4.06. The molecule has 2 aromatic carbocycles. The predicted octanol–water partition coefficient (Wildman–Crippen LogP) is 3.08. The smallest absolute Gasteiger partial charge is 0.308 e. The number of nitrogens with zero attached hydrogens (tertiary/aromatic N) is 3. The molecule has 2 heterocycles. The molecule has 0 saturated carbocycles. The van der Waals surface area contributed by atoms with Crippen molar-refractivity contribution in [2.24, 2.45) is 0 Å². The van der Waals surface area contributed by atoms with Crippen LogP contribution in [0.15, 0.2) is 53.3 Å². The maximum absolute atomic E-state index is 12.8. The van der Waals surface area contributed by atoms with Crippen molar-refractivity contribution >= 4 is 28.3 Å². The van der Waals surface area contributed by atoms with Crippen molar-refractivity contribution in [2.45, 2.75) is 20.3 Å². The van der Waals surface area contributed by atoms with Gasteiger partial charge in [0, 0.05) is 6.92 Å². The molecule has 0 radical (unpaired) electrons. The van der Waals surface area contributed by atoms with Crippen molar-refractivity contribution in [3.63, 3.8) is 0 Å². The van der Waals surface area contributed by atoms with E-state index in [9.17, 15) is 9.59 Å². The van der Waals surface area contributed by atoms with Gasteiger partial charge in [0.2, 0.25) is 4.96 Å². The van der Waals surface area contributed by atoms with Crippen LogP contribution in [0.5, 0.6) is 11.5 Å². The second-order valence-electron chi connectivity index (χ2n) is 6.55. The molecule has 4 aromatic rings. The van der Waals surface area contributed by atoms with Crippen molar-refractivity contribution < 1.29 is 14.3 Å². The second-order valence-corrected chi connectivity index (χ2v) is 7.56. The van der Waals surface area contributed by atoms with E-state index in [0.717, 1.165) is 17.7 Å². The molecule has 4 rings (SSSR count). The monoisotopic (exact) mass is 421 g/mol. The Hall–Kier alpha value is -3.52. The number of carbonyl (C=O) groups excluding carboxylic acids is 1. The zero-order valence-electron chi connectivity index (χ0n) is 16.5. The topological polar surface area (TPSA) is 82.8 Å². The van der Waals surface area contributed by atoms with E-state index in [2.05, 4.69) is 17.0 Å². The molecule has 0 fully saturated rings. The highest BCUT2D eigenvalue weighted by atomic mass is 32.1. The minimum atomic E-state index is -0.434. The van der Waals surface area contributed by atoms with Gasteiger partial charge in [0.05, 0.1) is 16.7 Å². The van der Waals surface area contributed by atoms with Crippen molar-refractivity contribution in [2.75, 3.05) is 6.61 Å². The number of rotatable bonds is 6. The third-order valence-corrected chi connectivity index (χ3v) is 5.17. The van der Waals surface area contributed by atoms with Gasteiger partial charge in [-0.05, 0) is 42.3 Å². The van der Waals surface area contributed by atoms with E-state index in [4.69, 9.17) is 9.47 Å². The Labute approximate surface area is 176 Å². The van der Waals surface area contributed by atoms with Crippen LogP contribution in [0.25, 0.3) is 22.4 Å². The molecule has 0 aliphatic carbocycles. The quantitative estimate of drug-likeness (QED) is 0.351. The Bertz CT molecular complexity index is 1310. The van der Waals surface area contributed by atoms with Gasteiger partial charge >= 0.3 is 5.97 Å². The SMILES string of the molecule is CCCOc1ccc(/C=c2/sc3nc(-c4ccccc4OC(C)=O)nn3c2=O)cc1. The molecule has 0 unspecified atom stereocenters. The molecule has 0 saturated heterocycles. The molecule has 0 aliphatic heterocycles. The maximum atomic E-state index is 12.8. The first-order valence-corrected chi connectivity index (χ1v) is 10.3. The standard InChI is InChI=1S/C22H19N3O4S/c1-3-12-28-16-10-8-15(9-11-16)13-19-21(27)25-22(30-19)23-20(24-25)17-6-4-5-7-18(17)29-14(2)26/h4-11,13H,3,12H2,1-2H3/b19-13+. The van der Waals surface area contributed by atoms with Gasteiger partial charge in [-0.15, -0.1) is 5.10 Å². The van der Waals surface area contributed by atoms with Crippen molar-refractivity contribution in [3.05, 3.63) is 69.0 Å². The molecule has 30 heavy (non-hydrogen) atoms. The van der Waals surface area contributed by atoms with Gasteiger partial charge in [0.1, 0.15) is 11.5 Å². The van der Waals surface area contributed by atoms with Crippen LogP contribution in [-0.4, -0.2) is 27.2 Å². The fourth-order valence-corrected chi connectivity index (χ4v) is 3.78. The van der Waals surface area contributed by atoms with Crippen LogP contribution in [-0.2, 0) is 4.79 Å². The number of hydrogen-bond acceptors (Lipinski definition) is 7. The molecular weight excluding hydrogens is 402 g/mol. The molecule has 0 amide bonds. The molecule has 0 spiro atoms. The van der Waals surface area contributed by atoms with E-state index in [-0.39, 0.29) is 5.56 Å². The Morgan fingerprint density at radius 2 is 1.93 bits per heavy atom. The maximum Gasteiger partial charge on any atom is 0.308 e. The third kappa shape index (κ3) is 4.08. The van der Waals surface area contributed by atoms with E-state index >= 15 is 0 Å². The number of hydrogen-bond donors (Lipinski definition) is 0. The molecule has 2 aromatic heterocycles. The lowest BCUT2D eigenvalue weighted by Crippen LogP contribution is -2.23. The molecular formula is C22H19N3O4S. The van der Waals surface area contributed by atoms with E-state index in [0.29, 0.717) is 33.2 Å². The van der Waals surface area contributed by atoms with Crippen molar-refractivity contribution in [1.82, 2.24) is 14.6 Å². The van der Waals surface area contributed by atoms with Crippen LogP contribution in [0.4, 0.5) is 0 Å². The number of benzene rings is 2. The molecule has 0 N–H and O–H groups in total. The summed E-state index contributed by atoms with van der Waals surface area (Å²) in [5, 5.41) is 4.33. The van der Waals surface area contributed by atoms with Gasteiger partial charge in [-0.2, -0.15) is 9.50 Å². The fraction of sp³-hybridized carbons (Fsp3) is 0.182. The van der Waals surface area contributed by atoms with Gasteiger partial charge in [-0.1, -0.05) is 42.5 Å². The summed E-state index contributed by atoms with van der Waals surface area (Å²) in [7, 11) is 0. The summed E-state index contributed by atoms with van der Waals surface area (Å²) in [5.74, 6) is 1.05. The van der Waals surface area contributed by atoms with Gasteiger partial charge < -0.3 is 9.47 Å². The number of fused-ring (bicyclic) bond motifs is 1. The Balaban J connectivity index is 1.67. The first-order valence-electron chi connectivity index (χ1n) is 9.47. The third-order valence-electron chi connectivity index (χ3n) is 4.21. The van der Waals surface area contributed by atoms with Gasteiger partial charge in [0.25, 0.3) is 5.56 Å². The molecule has 0 bridgehead atoms. The summed E-state index contributed by atoms with van der Waals surface area (Å²) in [6, 6.07) is 14.5. The van der Waals surface area contributed by atoms with Gasteiger partial charge in [0.15, 0.2) is 5.82 Å². The lowest BCUT2D eigenvalue weighted by atomic mass is 10.2. The normalized spacial score (nSPS) is 11.7. The van der Waals surface area contributed by atoms with Crippen LogP contribution in [0.1, 0.15) is 25.8 Å². The lowest BCUT2D eigenvalue weighted by molar-refractivity contribution is -0.131. The largest absolute Gasteiger partial charge is 0.494 e. The number of thiazole rings is 1. The predicted molar refractivity (Wildman–Crippen MR) is 115 cm³/mol. The van der Waals surface area contributed by atoms with Crippen molar-refractivity contribution in [3.8, 4) is 22.9 Å². The lowest BCUT2D eigenvalue weighted by Gasteiger charge is -2.04. The highest BCUT2D eigenvalue weighted by Crippen LogP contribution is 2.27. The second kappa shape index (κ2) is 8.46. The number of para-hydroxylation sites is 1. The summed E-state index contributed by atoms with van der Waals surface area (Å²) < 4.78 is 12.6. The highest BCUT2D eigenvalue weighted by Gasteiger charge is 2.16. The van der Waals surface area contributed by atoms with Crippen LogP contribution in [0, 0.1) is 0 Å². The summed E-state index contributed by atoms with van der Waals surface area (Å²) in [4.78, 5) is 29.0. The molecule has 152 valence electrons. The Kier molecular flexibility index (Phi) is 5.58. The minimum absolute atomic E-state index is 0.245. The zero-order chi connectivity index (χ0) is 21.1. The average molecular weight is 421 g/mol. The van der Waals surface area contributed by atoms with Crippen molar-refractivity contribution in [1.29, 1.82) is 0 Å². The van der Waals surface area contributed by atoms with Gasteiger partial charge in [-0.25, -0.2) is 0 Å². The number of carbonyl (C=O) groups is 1. The highest BCUT2D eigenvalue weighted by molar-refractivity contribution is 7.15. The van der Waals surface area contributed by atoms with Crippen LogP contribution in [0.2, 0.25) is 0 Å². The summed E-state index contributed by atoms with van der Waals surface area (Å²) in [6.07, 6.45) is 2.75. The number of aromatic nitrogens is 3. The number of esters is 1. The first kappa shape index (κ1) is 19.8. The fourth-order valence-electron chi connectivity index (χ4n) is 2.87. The molecule has 0 aliphatic rings. The summed E-state index contributed by atoms with van der Waals surface area (Å²) >= 11 is 1.25. The molecule has 7 nitrogen and oxygen atoms in total. The molecule has 8 heteroatoms. The first-order chi connectivity index (χ1) is 14.5. The number of ether oxygens (including phenoxy) is 2. The van der Waals surface area contributed by atoms with Gasteiger partial charge in [-0.3, -0.25) is 9.59 Å². The van der Waals surface area contributed by atoms with Crippen LogP contribution < -0.4 is 19.6 Å².